The molecule has 11 heteroatoms. The predicted octanol–water partition coefficient (Wildman–Crippen LogP) is 3.99. The molecule has 2 unspecified atom stereocenters. The van der Waals surface area contributed by atoms with Crippen LogP contribution in [0.1, 0.15) is 39.2 Å². The monoisotopic (exact) mass is 534 g/mol. The highest BCUT2D eigenvalue weighted by atomic mass is 35.5. The molecule has 2 atom stereocenters. The second-order valence-electron chi connectivity index (χ2n) is 7.94. The van der Waals surface area contributed by atoms with Crippen LogP contribution in [-0.2, 0) is 15.4 Å². The summed E-state index contributed by atoms with van der Waals surface area (Å²) in [5.74, 6) is -4.24. The first-order valence-corrected chi connectivity index (χ1v) is 12.7. The Hall–Kier alpha value is -3.52. The van der Waals surface area contributed by atoms with Gasteiger partial charge in [-0.25, -0.2) is 17.2 Å². The maximum absolute atomic E-state index is 14.2. The largest absolute Gasteiger partial charge is 0.507 e. The number of nitrogens with one attached hydrogen (secondary N) is 1. The Bertz CT molecular complexity index is 1460. The van der Waals surface area contributed by atoms with Crippen LogP contribution in [0.5, 0.6) is 5.75 Å². The number of sulfone groups is 1. The lowest BCUT2D eigenvalue weighted by Gasteiger charge is -2.37. The minimum Gasteiger partial charge on any atom is -0.507 e. The Kier molecular flexibility index (Phi) is 7.99. The molecule has 3 N–H and O–H groups in total. The predicted molar refractivity (Wildman–Crippen MR) is 129 cm³/mol. The van der Waals surface area contributed by atoms with Crippen LogP contribution in [0.2, 0.25) is 5.02 Å². The van der Waals surface area contributed by atoms with Gasteiger partial charge in [-0.3, -0.25) is 4.79 Å². The number of aliphatic hydroxyl groups is 1. The number of nitrogens with zero attached hydrogens (tertiary/aromatic N) is 1. The molecule has 0 aliphatic heterocycles. The number of phenolic OH excluding ortho intramolecular Hbond substituents is 1. The summed E-state index contributed by atoms with van der Waals surface area (Å²) in [6.07, 6.45) is 0. The van der Waals surface area contributed by atoms with E-state index in [1.165, 1.54) is 49.4 Å². The molecule has 0 aliphatic carbocycles. The van der Waals surface area contributed by atoms with Crippen LogP contribution in [0, 0.1) is 23.0 Å². The fourth-order valence-corrected chi connectivity index (χ4v) is 5.76. The number of para-hydroxylation sites is 1. The van der Waals surface area contributed by atoms with E-state index in [0.717, 1.165) is 12.1 Å². The molecular weight excluding hydrogens is 514 g/mol. The van der Waals surface area contributed by atoms with Crippen molar-refractivity contribution in [3.05, 3.63) is 99.6 Å². The van der Waals surface area contributed by atoms with Crippen LogP contribution in [0.15, 0.2) is 60.7 Å². The lowest BCUT2D eigenvalue weighted by atomic mass is 9.86. The number of halogens is 3. The third-order valence-corrected chi connectivity index (χ3v) is 8.20. The van der Waals surface area contributed by atoms with E-state index in [-0.39, 0.29) is 33.0 Å². The fraction of sp³-hybridized carbons (Fsp3) is 0.200. The quantitative estimate of drug-likeness (QED) is 0.401. The number of aromatic hydroxyl groups is 1. The number of rotatable bonds is 8. The maximum Gasteiger partial charge on any atom is 0.255 e. The summed E-state index contributed by atoms with van der Waals surface area (Å²) >= 11 is 6.13. The first kappa shape index (κ1) is 27.1. The normalized spacial score (nSPS) is 13.9. The molecule has 7 nitrogen and oxygen atoms in total. The van der Waals surface area contributed by atoms with Crippen molar-refractivity contribution < 1.29 is 32.2 Å². The van der Waals surface area contributed by atoms with E-state index in [2.05, 4.69) is 5.32 Å². The molecule has 0 saturated heterocycles. The molecule has 0 bridgehead atoms. The van der Waals surface area contributed by atoms with Crippen LogP contribution in [0.3, 0.4) is 0 Å². The van der Waals surface area contributed by atoms with Crippen molar-refractivity contribution in [3.8, 4) is 11.8 Å². The van der Waals surface area contributed by atoms with Gasteiger partial charge in [-0.05, 0) is 47.5 Å². The van der Waals surface area contributed by atoms with Crippen molar-refractivity contribution in [2.24, 2.45) is 0 Å². The molecule has 3 aromatic carbocycles. The number of phenols is 1. The average molecular weight is 535 g/mol. The molecule has 188 valence electrons. The summed E-state index contributed by atoms with van der Waals surface area (Å²) in [6.45, 7) is 0.562. The summed E-state index contributed by atoms with van der Waals surface area (Å²) in [7, 11) is -4.21. The van der Waals surface area contributed by atoms with Gasteiger partial charge in [0.15, 0.2) is 21.5 Å². The molecule has 3 rings (SSSR count). The van der Waals surface area contributed by atoms with E-state index in [4.69, 9.17) is 11.6 Å². The average Bonchev–Trinajstić information content (AvgIpc) is 2.84. The van der Waals surface area contributed by atoms with E-state index in [0.29, 0.717) is 6.07 Å². The smallest absolute Gasteiger partial charge is 0.255 e. The number of hydrogen-bond acceptors (Lipinski definition) is 6. The zero-order chi connectivity index (χ0) is 26.7. The Morgan fingerprint density at radius 3 is 2.42 bits per heavy atom. The van der Waals surface area contributed by atoms with E-state index in [1.807, 2.05) is 6.07 Å². The molecule has 0 spiro atoms. The van der Waals surface area contributed by atoms with Crippen molar-refractivity contribution in [1.82, 2.24) is 5.32 Å². The van der Waals surface area contributed by atoms with Gasteiger partial charge in [-0.1, -0.05) is 42.8 Å². The highest BCUT2D eigenvalue weighted by Crippen LogP contribution is 2.42. The van der Waals surface area contributed by atoms with E-state index in [1.54, 1.807) is 0 Å². The molecule has 3 aromatic rings. The Labute approximate surface area is 211 Å². The SMILES string of the molecule is CCS(=O)(=O)C(c1ccc(C#N)c(Cl)c1)C(O)(CNC(=O)c1ccccc1O)c1ccc(F)c(F)c1. The molecule has 0 aromatic heterocycles. The number of benzene rings is 3. The summed E-state index contributed by atoms with van der Waals surface area (Å²) in [5, 5.41) is 31.5. The summed E-state index contributed by atoms with van der Waals surface area (Å²) in [4.78, 5) is 12.8. The van der Waals surface area contributed by atoms with Crippen molar-refractivity contribution in [3.63, 3.8) is 0 Å². The van der Waals surface area contributed by atoms with Gasteiger partial charge >= 0.3 is 0 Å². The molecule has 36 heavy (non-hydrogen) atoms. The standard InChI is InChI=1S/C25H21ClF2N2O5S/c1-2-36(34,35)23(15-7-8-16(13-29)19(26)11-15)25(33,17-9-10-20(27)21(28)12-17)14-30-24(32)18-5-3-4-6-22(18)31/h3-12,23,31,33H,2,14H2,1H3,(H,30,32). The van der Waals surface area contributed by atoms with Gasteiger partial charge in [0.05, 0.1) is 22.7 Å². The molecule has 0 saturated carbocycles. The Morgan fingerprint density at radius 1 is 1.14 bits per heavy atom. The van der Waals surface area contributed by atoms with Gasteiger partial charge in [-0.2, -0.15) is 5.26 Å². The Morgan fingerprint density at radius 2 is 1.83 bits per heavy atom. The highest BCUT2D eigenvalue weighted by Gasteiger charge is 2.47. The maximum atomic E-state index is 14.2. The lowest BCUT2D eigenvalue weighted by Crippen LogP contribution is -2.48. The van der Waals surface area contributed by atoms with Crippen LogP contribution >= 0.6 is 11.6 Å². The van der Waals surface area contributed by atoms with Gasteiger partial charge in [0, 0.05) is 5.75 Å². The molecule has 1 amide bonds. The van der Waals surface area contributed by atoms with E-state index < -0.39 is 50.5 Å². The first-order chi connectivity index (χ1) is 16.9. The van der Waals surface area contributed by atoms with Crippen LogP contribution < -0.4 is 5.32 Å². The van der Waals surface area contributed by atoms with Gasteiger partial charge in [0.1, 0.15) is 22.7 Å². The van der Waals surface area contributed by atoms with Crippen molar-refractivity contribution in [2.45, 2.75) is 17.8 Å². The molecule has 0 heterocycles. The zero-order valence-corrected chi connectivity index (χ0v) is 20.4. The minimum atomic E-state index is -4.21. The zero-order valence-electron chi connectivity index (χ0n) is 18.9. The van der Waals surface area contributed by atoms with Gasteiger partial charge in [-0.15, -0.1) is 0 Å². The number of hydrogen-bond donors (Lipinski definition) is 3. The van der Waals surface area contributed by atoms with Gasteiger partial charge in [0.2, 0.25) is 0 Å². The number of carbonyl (C=O) groups excluding carboxylic acids is 1. The second kappa shape index (κ2) is 10.6. The fourth-order valence-electron chi connectivity index (χ4n) is 3.82. The van der Waals surface area contributed by atoms with E-state index in [9.17, 15) is 37.5 Å². The van der Waals surface area contributed by atoms with Crippen molar-refractivity contribution in [1.29, 1.82) is 5.26 Å². The van der Waals surface area contributed by atoms with Gasteiger partial charge in [0.25, 0.3) is 5.91 Å². The van der Waals surface area contributed by atoms with Crippen LogP contribution in [0.25, 0.3) is 0 Å². The minimum absolute atomic E-state index is 0.0371. The third kappa shape index (κ3) is 5.33. The summed E-state index contributed by atoms with van der Waals surface area (Å²) in [5.41, 5.74) is -2.99. The lowest BCUT2D eigenvalue weighted by molar-refractivity contribution is 0.0295. The molecule has 0 aliphatic rings. The topological polar surface area (TPSA) is 127 Å². The summed E-state index contributed by atoms with van der Waals surface area (Å²) < 4.78 is 54.6. The van der Waals surface area contributed by atoms with Gasteiger partial charge < -0.3 is 15.5 Å². The molecule has 0 fully saturated rings. The number of nitriles is 1. The van der Waals surface area contributed by atoms with Crippen LogP contribution in [-0.4, -0.2) is 36.8 Å². The number of carbonyl (C=O) groups is 1. The number of amides is 1. The molecule has 0 radical (unpaired) electrons. The summed E-state index contributed by atoms with van der Waals surface area (Å²) in [6, 6.07) is 13.5. The third-order valence-electron chi connectivity index (χ3n) is 5.70. The molecular formula is C25H21ClF2N2O5S. The van der Waals surface area contributed by atoms with Crippen molar-refractivity contribution >= 4 is 27.3 Å². The Balaban J connectivity index is 2.20. The van der Waals surface area contributed by atoms with E-state index >= 15 is 0 Å². The second-order valence-corrected chi connectivity index (χ2v) is 10.7. The first-order valence-electron chi connectivity index (χ1n) is 10.6. The van der Waals surface area contributed by atoms with Crippen LogP contribution in [0.4, 0.5) is 8.78 Å². The highest BCUT2D eigenvalue weighted by molar-refractivity contribution is 7.91. The van der Waals surface area contributed by atoms with Crippen molar-refractivity contribution in [2.75, 3.05) is 12.3 Å².